The summed E-state index contributed by atoms with van der Waals surface area (Å²) in [5.41, 5.74) is 0.135. The summed E-state index contributed by atoms with van der Waals surface area (Å²) < 4.78 is 2.22. The Hall–Kier alpha value is -1.29. The largest absolute Gasteiger partial charge is 0.356 e. The predicted molar refractivity (Wildman–Crippen MR) is 83.0 cm³/mol. The molecular weight excluding hydrogens is 254 g/mol. The van der Waals surface area contributed by atoms with Crippen LogP contribution < -0.4 is 5.32 Å². The van der Waals surface area contributed by atoms with Crippen LogP contribution in [0.15, 0.2) is 29.9 Å². The van der Waals surface area contributed by atoms with Crippen LogP contribution in [-0.2, 0) is 12.0 Å². The van der Waals surface area contributed by atoms with Crippen molar-refractivity contribution in [2.75, 3.05) is 11.9 Å². The molecule has 0 atom stereocenters. The predicted octanol–water partition coefficient (Wildman–Crippen LogP) is 4.13. The van der Waals surface area contributed by atoms with Gasteiger partial charge in [-0.1, -0.05) is 33.3 Å². The smallest absolute Gasteiger partial charge is 0.202 e. The van der Waals surface area contributed by atoms with Crippen molar-refractivity contribution in [3.8, 4) is 0 Å². The van der Waals surface area contributed by atoms with E-state index in [4.69, 9.17) is 0 Å². The summed E-state index contributed by atoms with van der Waals surface area (Å²) in [6, 6.07) is 4.34. The van der Waals surface area contributed by atoms with E-state index >= 15 is 0 Å². The van der Waals surface area contributed by atoms with Gasteiger partial charge >= 0.3 is 0 Å². The normalized spacial score (nSPS) is 11.7. The van der Waals surface area contributed by atoms with Crippen molar-refractivity contribution in [2.24, 2.45) is 0 Å². The third-order valence-corrected chi connectivity index (χ3v) is 4.52. The quantitative estimate of drug-likeness (QED) is 0.771. The Morgan fingerprint density at radius 1 is 1.42 bits per heavy atom. The van der Waals surface area contributed by atoms with Crippen LogP contribution in [0.2, 0.25) is 0 Å². The van der Waals surface area contributed by atoms with Gasteiger partial charge in [-0.2, -0.15) is 0 Å². The van der Waals surface area contributed by atoms with Crippen LogP contribution in [0, 0.1) is 0 Å². The van der Waals surface area contributed by atoms with Crippen LogP contribution in [-0.4, -0.2) is 16.1 Å². The van der Waals surface area contributed by atoms with Crippen molar-refractivity contribution in [1.82, 2.24) is 9.55 Å². The van der Waals surface area contributed by atoms with Crippen LogP contribution in [0.1, 0.15) is 38.5 Å². The number of unbranched alkanes of at least 4 members (excludes halogenated alkanes) is 1. The van der Waals surface area contributed by atoms with Gasteiger partial charge < -0.3 is 9.88 Å². The van der Waals surface area contributed by atoms with E-state index in [1.54, 1.807) is 0 Å². The zero-order valence-corrected chi connectivity index (χ0v) is 12.8. The fourth-order valence-corrected chi connectivity index (χ4v) is 2.99. The number of rotatable bonds is 7. The van der Waals surface area contributed by atoms with Gasteiger partial charge in [-0.15, -0.1) is 11.3 Å². The third kappa shape index (κ3) is 3.60. The molecule has 19 heavy (non-hydrogen) atoms. The van der Waals surface area contributed by atoms with Gasteiger partial charge in [0, 0.05) is 35.8 Å². The van der Waals surface area contributed by atoms with Crippen LogP contribution in [0.3, 0.4) is 0 Å². The maximum atomic E-state index is 4.41. The highest BCUT2D eigenvalue weighted by molar-refractivity contribution is 7.10. The maximum absolute atomic E-state index is 4.41. The molecule has 1 N–H and O–H groups in total. The molecule has 0 saturated heterocycles. The van der Waals surface area contributed by atoms with E-state index in [0.717, 1.165) is 19.0 Å². The second kappa shape index (κ2) is 6.24. The van der Waals surface area contributed by atoms with Crippen LogP contribution in [0.5, 0.6) is 0 Å². The number of nitrogens with zero attached hydrogens (tertiary/aromatic N) is 2. The number of nitrogens with one attached hydrogen (secondary N) is 1. The molecule has 0 bridgehead atoms. The highest BCUT2D eigenvalue weighted by Gasteiger charge is 2.23. The van der Waals surface area contributed by atoms with Gasteiger partial charge in [-0.3, -0.25) is 0 Å². The average molecular weight is 277 g/mol. The van der Waals surface area contributed by atoms with Gasteiger partial charge in [0.2, 0.25) is 5.95 Å². The number of imidazole rings is 1. The molecule has 2 rings (SSSR count). The lowest BCUT2D eigenvalue weighted by Crippen LogP contribution is -2.24. The van der Waals surface area contributed by atoms with Crippen molar-refractivity contribution in [3.63, 3.8) is 0 Å². The molecule has 0 radical (unpaired) electrons. The zero-order valence-electron chi connectivity index (χ0n) is 12.0. The van der Waals surface area contributed by atoms with Gasteiger partial charge in [0.05, 0.1) is 0 Å². The summed E-state index contributed by atoms with van der Waals surface area (Å²) >= 11 is 1.82. The van der Waals surface area contributed by atoms with Crippen molar-refractivity contribution < 1.29 is 0 Å². The maximum Gasteiger partial charge on any atom is 0.202 e. The lowest BCUT2D eigenvalue weighted by Gasteiger charge is -2.25. The Balaban J connectivity index is 2.05. The van der Waals surface area contributed by atoms with Crippen LogP contribution in [0.4, 0.5) is 5.95 Å². The molecule has 3 nitrogen and oxygen atoms in total. The Kier molecular flexibility index (Phi) is 4.64. The topological polar surface area (TPSA) is 29.9 Å². The average Bonchev–Trinajstić information content (AvgIpc) is 3.01. The van der Waals surface area contributed by atoms with Gasteiger partial charge in [-0.25, -0.2) is 4.98 Å². The second-order valence-corrected chi connectivity index (χ2v) is 6.47. The number of hydrogen-bond donors (Lipinski definition) is 1. The molecule has 0 unspecified atom stereocenters. The molecule has 0 spiro atoms. The molecule has 4 heteroatoms. The minimum atomic E-state index is 0.135. The zero-order chi connectivity index (χ0) is 13.7. The number of thiophene rings is 1. The number of aromatic nitrogens is 2. The number of anilines is 1. The van der Waals surface area contributed by atoms with Crippen molar-refractivity contribution in [3.05, 3.63) is 34.8 Å². The van der Waals surface area contributed by atoms with E-state index in [1.807, 2.05) is 17.5 Å². The summed E-state index contributed by atoms with van der Waals surface area (Å²) in [7, 11) is 0. The fraction of sp³-hybridized carbons (Fsp3) is 0.533. The van der Waals surface area contributed by atoms with E-state index in [-0.39, 0.29) is 5.41 Å². The summed E-state index contributed by atoms with van der Waals surface area (Å²) in [5.74, 6) is 0.984. The highest BCUT2D eigenvalue weighted by atomic mass is 32.1. The lowest BCUT2D eigenvalue weighted by molar-refractivity contribution is 0.445. The SMILES string of the molecule is CCCCNc1nccn1CC(C)(C)c1cccs1. The standard InChI is InChI=1S/C15H23N3S/c1-4-5-8-16-14-17-9-10-18(14)12-15(2,3)13-7-6-11-19-13/h6-7,9-11H,4-5,8,12H2,1-3H3,(H,16,17). The van der Waals surface area contributed by atoms with Gasteiger partial charge in [0.1, 0.15) is 0 Å². The van der Waals surface area contributed by atoms with Crippen molar-refractivity contribution in [1.29, 1.82) is 0 Å². The molecule has 0 aliphatic rings. The Bertz CT molecular complexity index is 485. The van der Waals surface area contributed by atoms with Crippen LogP contribution in [0.25, 0.3) is 0 Å². The van der Waals surface area contributed by atoms with Gasteiger partial charge in [-0.05, 0) is 17.9 Å². The molecule has 0 fully saturated rings. The van der Waals surface area contributed by atoms with Crippen molar-refractivity contribution >= 4 is 17.3 Å². The van der Waals surface area contributed by atoms with Crippen LogP contribution >= 0.6 is 11.3 Å². The second-order valence-electron chi connectivity index (χ2n) is 5.52. The van der Waals surface area contributed by atoms with E-state index in [9.17, 15) is 0 Å². The molecule has 0 amide bonds. The molecule has 0 aliphatic carbocycles. The summed E-state index contributed by atoms with van der Waals surface area (Å²) in [4.78, 5) is 5.83. The van der Waals surface area contributed by atoms with Gasteiger partial charge in [0.15, 0.2) is 0 Å². The summed E-state index contributed by atoms with van der Waals surface area (Å²) in [5, 5.41) is 5.56. The Morgan fingerprint density at radius 3 is 2.95 bits per heavy atom. The first-order valence-electron chi connectivity index (χ1n) is 6.92. The monoisotopic (exact) mass is 277 g/mol. The summed E-state index contributed by atoms with van der Waals surface area (Å²) in [6.07, 6.45) is 6.32. The minimum absolute atomic E-state index is 0.135. The molecule has 0 aliphatic heterocycles. The molecule has 0 aromatic carbocycles. The van der Waals surface area contributed by atoms with E-state index in [1.165, 1.54) is 17.7 Å². The Labute approximate surface area is 119 Å². The molecular formula is C15H23N3S. The minimum Gasteiger partial charge on any atom is -0.356 e. The number of hydrogen-bond acceptors (Lipinski definition) is 3. The fourth-order valence-electron chi connectivity index (χ4n) is 2.15. The molecule has 2 aromatic heterocycles. The Morgan fingerprint density at radius 2 is 2.26 bits per heavy atom. The third-order valence-electron chi connectivity index (χ3n) is 3.28. The molecule has 0 saturated carbocycles. The van der Waals surface area contributed by atoms with E-state index in [2.05, 4.69) is 59.3 Å². The molecule has 2 heterocycles. The first-order chi connectivity index (χ1) is 9.13. The van der Waals surface area contributed by atoms with E-state index in [0.29, 0.717) is 0 Å². The summed E-state index contributed by atoms with van der Waals surface area (Å²) in [6.45, 7) is 8.71. The van der Waals surface area contributed by atoms with Crippen molar-refractivity contribution in [2.45, 2.75) is 45.6 Å². The van der Waals surface area contributed by atoms with E-state index < -0.39 is 0 Å². The molecule has 104 valence electrons. The molecule has 2 aromatic rings. The first-order valence-corrected chi connectivity index (χ1v) is 7.80. The first kappa shape index (κ1) is 14.1. The highest BCUT2D eigenvalue weighted by Crippen LogP contribution is 2.29. The lowest BCUT2D eigenvalue weighted by atomic mass is 9.91. The van der Waals surface area contributed by atoms with Gasteiger partial charge in [0.25, 0.3) is 0 Å².